The lowest BCUT2D eigenvalue weighted by Gasteiger charge is -2.37. The summed E-state index contributed by atoms with van der Waals surface area (Å²) in [6.45, 7) is 4.07. The standard InChI is InChI=1S/C22H24FN5O5/c1-15(29)24-13-19-14-27(22(30)33-19)17-5-6-21(20(23)12-17)26-9-7-25(8-10-26)16-3-2-4-18(11-16)28(31)32/h2-6,11-12,19H,7-10,13-14H2,1H3,(H,24,29)/t19-/m0/s1. The molecule has 1 atom stereocenters. The molecule has 2 aromatic rings. The zero-order valence-electron chi connectivity index (χ0n) is 18.1. The van der Waals surface area contributed by atoms with Gasteiger partial charge < -0.3 is 19.9 Å². The summed E-state index contributed by atoms with van der Waals surface area (Å²) >= 11 is 0. The Morgan fingerprint density at radius 2 is 1.88 bits per heavy atom. The molecule has 2 aliphatic rings. The summed E-state index contributed by atoms with van der Waals surface area (Å²) in [5.41, 5.74) is 1.62. The normalized spacial score (nSPS) is 18.3. The third-order valence-electron chi connectivity index (χ3n) is 5.72. The van der Waals surface area contributed by atoms with E-state index < -0.39 is 22.9 Å². The molecule has 33 heavy (non-hydrogen) atoms. The minimum absolute atomic E-state index is 0.0383. The predicted octanol–water partition coefficient (Wildman–Crippen LogP) is 2.52. The van der Waals surface area contributed by atoms with Gasteiger partial charge in [0.15, 0.2) is 0 Å². The lowest BCUT2D eigenvalue weighted by atomic mass is 10.2. The molecule has 174 valence electrons. The Hall–Kier alpha value is -3.89. The van der Waals surface area contributed by atoms with Crippen molar-refractivity contribution >= 4 is 34.7 Å². The van der Waals surface area contributed by atoms with Gasteiger partial charge in [0.2, 0.25) is 5.91 Å². The highest BCUT2D eigenvalue weighted by Gasteiger charge is 2.33. The molecule has 2 amide bonds. The number of hydrogen-bond donors (Lipinski definition) is 1. The molecule has 11 heteroatoms. The van der Waals surface area contributed by atoms with E-state index in [9.17, 15) is 24.1 Å². The first-order valence-corrected chi connectivity index (χ1v) is 10.6. The molecule has 4 rings (SSSR count). The zero-order chi connectivity index (χ0) is 23.5. The average molecular weight is 457 g/mol. The number of nitrogens with one attached hydrogen (secondary N) is 1. The van der Waals surface area contributed by atoms with Crippen LogP contribution in [0.25, 0.3) is 0 Å². The summed E-state index contributed by atoms with van der Waals surface area (Å²) in [5, 5.41) is 13.6. The number of cyclic esters (lactones) is 1. The molecule has 2 saturated heterocycles. The van der Waals surface area contributed by atoms with Crippen molar-refractivity contribution in [1.29, 1.82) is 0 Å². The van der Waals surface area contributed by atoms with Crippen LogP contribution in [0.4, 0.5) is 31.9 Å². The number of halogens is 1. The molecule has 0 aromatic heterocycles. The minimum atomic E-state index is -0.580. The summed E-state index contributed by atoms with van der Waals surface area (Å²) in [4.78, 5) is 39.1. The maximum atomic E-state index is 15.0. The van der Waals surface area contributed by atoms with Crippen molar-refractivity contribution in [2.45, 2.75) is 13.0 Å². The number of carbonyl (C=O) groups is 2. The van der Waals surface area contributed by atoms with Gasteiger partial charge in [-0.25, -0.2) is 9.18 Å². The van der Waals surface area contributed by atoms with E-state index in [1.165, 1.54) is 24.0 Å². The summed E-state index contributed by atoms with van der Waals surface area (Å²) < 4.78 is 20.2. The molecule has 2 heterocycles. The first-order valence-electron chi connectivity index (χ1n) is 10.6. The number of non-ortho nitro benzene ring substituents is 1. The predicted molar refractivity (Wildman–Crippen MR) is 120 cm³/mol. The highest BCUT2D eigenvalue weighted by atomic mass is 19.1. The maximum Gasteiger partial charge on any atom is 0.414 e. The van der Waals surface area contributed by atoms with Gasteiger partial charge in [0.05, 0.1) is 29.4 Å². The van der Waals surface area contributed by atoms with Crippen LogP contribution < -0.4 is 20.0 Å². The van der Waals surface area contributed by atoms with Crippen LogP contribution in [-0.4, -0.2) is 62.3 Å². The topological polar surface area (TPSA) is 108 Å². The number of benzene rings is 2. The molecule has 1 N–H and O–H groups in total. The molecule has 0 radical (unpaired) electrons. The Balaban J connectivity index is 1.39. The van der Waals surface area contributed by atoms with Gasteiger partial charge in [0.1, 0.15) is 11.9 Å². The van der Waals surface area contributed by atoms with E-state index in [2.05, 4.69) is 5.32 Å². The SMILES string of the molecule is CC(=O)NC[C@H]1CN(c2ccc(N3CCN(c4cccc([N+](=O)[O-])c4)CC3)c(F)c2)C(=O)O1. The Morgan fingerprint density at radius 3 is 2.55 bits per heavy atom. The van der Waals surface area contributed by atoms with Gasteiger partial charge in [-0.15, -0.1) is 0 Å². The van der Waals surface area contributed by atoms with Crippen molar-refractivity contribution in [1.82, 2.24) is 5.32 Å². The fourth-order valence-corrected chi connectivity index (χ4v) is 4.03. The molecule has 0 spiro atoms. The second kappa shape index (κ2) is 9.31. The van der Waals surface area contributed by atoms with E-state index in [0.29, 0.717) is 37.6 Å². The molecular formula is C22H24FN5O5. The molecule has 2 aromatic carbocycles. The average Bonchev–Trinajstić information content (AvgIpc) is 3.18. The zero-order valence-corrected chi connectivity index (χ0v) is 18.1. The first kappa shape index (κ1) is 22.3. The minimum Gasteiger partial charge on any atom is -0.442 e. The Kier molecular flexibility index (Phi) is 6.29. The van der Waals surface area contributed by atoms with Crippen LogP contribution in [0, 0.1) is 15.9 Å². The van der Waals surface area contributed by atoms with Gasteiger partial charge in [-0.2, -0.15) is 0 Å². The van der Waals surface area contributed by atoms with Gasteiger partial charge in [0, 0.05) is 50.9 Å². The number of nitro groups is 1. The number of rotatable bonds is 6. The fourth-order valence-electron chi connectivity index (χ4n) is 4.03. The van der Waals surface area contributed by atoms with Crippen LogP contribution in [0.5, 0.6) is 0 Å². The number of anilines is 3. The maximum absolute atomic E-state index is 15.0. The summed E-state index contributed by atoms with van der Waals surface area (Å²) in [5.74, 6) is -0.667. The van der Waals surface area contributed by atoms with Crippen LogP contribution in [-0.2, 0) is 9.53 Å². The number of piperazine rings is 1. The smallest absolute Gasteiger partial charge is 0.414 e. The van der Waals surface area contributed by atoms with Gasteiger partial charge in [-0.1, -0.05) is 6.07 Å². The fraction of sp³-hybridized carbons (Fsp3) is 0.364. The van der Waals surface area contributed by atoms with Gasteiger partial charge >= 0.3 is 6.09 Å². The first-order chi connectivity index (χ1) is 15.8. The molecule has 0 bridgehead atoms. The van der Waals surface area contributed by atoms with E-state index >= 15 is 0 Å². The summed E-state index contributed by atoms with van der Waals surface area (Å²) in [6.07, 6.45) is -1.07. The largest absolute Gasteiger partial charge is 0.442 e. The molecule has 10 nitrogen and oxygen atoms in total. The number of nitro benzene ring substituents is 1. The summed E-state index contributed by atoms with van der Waals surface area (Å²) in [7, 11) is 0. The monoisotopic (exact) mass is 457 g/mol. The Morgan fingerprint density at radius 1 is 1.15 bits per heavy atom. The van der Waals surface area contributed by atoms with Crippen molar-refractivity contribution < 1.29 is 23.6 Å². The third kappa shape index (κ3) is 4.97. The number of amides is 2. The number of ether oxygens (including phenoxy) is 1. The van der Waals surface area contributed by atoms with Gasteiger partial charge in [0.25, 0.3) is 5.69 Å². The van der Waals surface area contributed by atoms with Crippen molar-refractivity contribution in [2.75, 3.05) is 54.0 Å². The second-order valence-corrected chi connectivity index (χ2v) is 7.94. The number of carbonyl (C=O) groups excluding carboxylic acids is 2. The lowest BCUT2D eigenvalue weighted by molar-refractivity contribution is -0.384. The summed E-state index contributed by atoms with van der Waals surface area (Å²) in [6, 6.07) is 11.1. The molecule has 2 aliphatic heterocycles. The van der Waals surface area contributed by atoms with E-state index in [1.54, 1.807) is 24.3 Å². The third-order valence-corrected chi connectivity index (χ3v) is 5.72. The Labute approximate surface area is 189 Å². The molecule has 0 unspecified atom stereocenters. The van der Waals surface area contributed by atoms with Gasteiger partial charge in [-0.05, 0) is 24.3 Å². The van der Waals surface area contributed by atoms with Crippen LogP contribution in [0.1, 0.15) is 6.92 Å². The van der Waals surface area contributed by atoms with Crippen molar-refractivity contribution in [3.05, 3.63) is 58.4 Å². The van der Waals surface area contributed by atoms with Crippen molar-refractivity contribution in [3.63, 3.8) is 0 Å². The van der Waals surface area contributed by atoms with Crippen molar-refractivity contribution in [2.24, 2.45) is 0 Å². The van der Waals surface area contributed by atoms with E-state index in [-0.39, 0.29) is 24.7 Å². The molecular weight excluding hydrogens is 433 g/mol. The van der Waals surface area contributed by atoms with Crippen LogP contribution >= 0.6 is 0 Å². The highest BCUT2D eigenvalue weighted by Crippen LogP contribution is 2.29. The van der Waals surface area contributed by atoms with E-state index in [0.717, 1.165) is 5.69 Å². The molecule has 0 saturated carbocycles. The molecule has 2 fully saturated rings. The number of hydrogen-bond acceptors (Lipinski definition) is 7. The Bertz CT molecular complexity index is 1070. The second-order valence-electron chi connectivity index (χ2n) is 7.94. The van der Waals surface area contributed by atoms with E-state index in [4.69, 9.17) is 4.74 Å². The van der Waals surface area contributed by atoms with Gasteiger partial charge in [-0.3, -0.25) is 19.8 Å². The lowest BCUT2D eigenvalue weighted by Crippen LogP contribution is -2.46. The van der Waals surface area contributed by atoms with E-state index in [1.807, 2.05) is 15.9 Å². The van der Waals surface area contributed by atoms with Crippen LogP contribution in [0.2, 0.25) is 0 Å². The van der Waals surface area contributed by atoms with Crippen molar-refractivity contribution in [3.8, 4) is 0 Å². The van der Waals surface area contributed by atoms with Crippen LogP contribution in [0.3, 0.4) is 0 Å². The quantitative estimate of drug-likeness (QED) is 0.525. The number of nitrogens with zero attached hydrogens (tertiary/aromatic N) is 4. The molecule has 0 aliphatic carbocycles. The highest BCUT2D eigenvalue weighted by molar-refractivity contribution is 5.90. The van der Waals surface area contributed by atoms with Crippen LogP contribution in [0.15, 0.2) is 42.5 Å².